The van der Waals surface area contributed by atoms with Crippen LogP contribution in [0.15, 0.2) is 66.7 Å². The number of nitrogens with one attached hydrogen (secondary N) is 1. The van der Waals surface area contributed by atoms with Crippen LogP contribution in [0.2, 0.25) is 0 Å². The Hall–Kier alpha value is -4.47. The first kappa shape index (κ1) is 27.6. The topological polar surface area (TPSA) is 98.6 Å². The van der Waals surface area contributed by atoms with E-state index in [0.717, 1.165) is 6.42 Å². The molecule has 9 nitrogen and oxygen atoms in total. The van der Waals surface area contributed by atoms with Crippen molar-refractivity contribution in [3.05, 3.63) is 78.1 Å². The number of amides is 2. The van der Waals surface area contributed by atoms with Gasteiger partial charge < -0.3 is 14.8 Å². The number of fused-ring (bicyclic) bond motifs is 1. The number of benzene rings is 3. The van der Waals surface area contributed by atoms with Gasteiger partial charge in [-0.1, -0.05) is 37.3 Å². The van der Waals surface area contributed by atoms with E-state index in [1.807, 2.05) is 12.1 Å². The van der Waals surface area contributed by atoms with E-state index in [0.29, 0.717) is 40.6 Å². The largest absolute Gasteiger partial charge is 0.497 e. The summed E-state index contributed by atoms with van der Waals surface area (Å²) in [5.41, 5.74) is 1.92. The van der Waals surface area contributed by atoms with Crippen molar-refractivity contribution in [2.24, 2.45) is 5.92 Å². The van der Waals surface area contributed by atoms with Gasteiger partial charge in [-0.3, -0.25) is 14.5 Å². The van der Waals surface area contributed by atoms with Crippen molar-refractivity contribution in [3.63, 3.8) is 0 Å². The summed E-state index contributed by atoms with van der Waals surface area (Å²) in [7, 11) is 3.00. The number of carbonyl (C=O) groups is 2. The average molecular weight is 534 g/mol. The van der Waals surface area contributed by atoms with Gasteiger partial charge in [0.05, 0.1) is 19.7 Å². The van der Waals surface area contributed by atoms with E-state index >= 15 is 0 Å². The number of aromatic nitrogens is 3. The Morgan fingerprint density at radius 2 is 1.82 bits per heavy atom. The molecule has 3 aromatic carbocycles. The van der Waals surface area contributed by atoms with Crippen molar-refractivity contribution in [2.75, 3.05) is 25.7 Å². The van der Waals surface area contributed by atoms with Crippen LogP contribution in [-0.2, 0) is 16.1 Å². The van der Waals surface area contributed by atoms with Gasteiger partial charge in [0.1, 0.15) is 35.4 Å². The van der Waals surface area contributed by atoms with Gasteiger partial charge in [-0.2, -0.15) is 0 Å². The molecule has 0 aliphatic carbocycles. The Kier molecular flexibility index (Phi) is 8.75. The lowest BCUT2D eigenvalue weighted by Crippen LogP contribution is -2.45. The van der Waals surface area contributed by atoms with Gasteiger partial charge in [0, 0.05) is 23.9 Å². The quantitative estimate of drug-likeness (QED) is 0.304. The minimum absolute atomic E-state index is 0.214. The maximum absolute atomic E-state index is 14.5. The molecule has 0 spiro atoms. The van der Waals surface area contributed by atoms with Gasteiger partial charge in [0.25, 0.3) is 0 Å². The zero-order valence-electron chi connectivity index (χ0n) is 22.4. The summed E-state index contributed by atoms with van der Waals surface area (Å²) in [5.74, 6) is -0.234. The maximum atomic E-state index is 14.5. The van der Waals surface area contributed by atoms with Crippen molar-refractivity contribution in [1.29, 1.82) is 0 Å². The van der Waals surface area contributed by atoms with Crippen molar-refractivity contribution in [3.8, 4) is 11.5 Å². The third-order valence-electron chi connectivity index (χ3n) is 6.32. The van der Waals surface area contributed by atoms with Gasteiger partial charge >= 0.3 is 0 Å². The fourth-order valence-electron chi connectivity index (χ4n) is 4.32. The molecule has 4 aromatic rings. The number of nitrogens with zero attached hydrogens (tertiary/aromatic N) is 4. The molecule has 0 aliphatic rings. The molecule has 1 atom stereocenters. The number of anilines is 1. The van der Waals surface area contributed by atoms with E-state index in [1.165, 1.54) is 42.0 Å². The predicted octanol–water partition coefficient (Wildman–Crippen LogP) is 4.52. The minimum Gasteiger partial charge on any atom is -0.497 e. The highest BCUT2D eigenvalue weighted by atomic mass is 19.1. The van der Waals surface area contributed by atoms with Crippen LogP contribution in [0.4, 0.5) is 10.1 Å². The monoisotopic (exact) mass is 533 g/mol. The molecule has 0 fully saturated rings. The molecule has 0 saturated carbocycles. The van der Waals surface area contributed by atoms with Crippen molar-refractivity contribution in [2.45, 2.75) is 32.9 Å². The van der Waals surface area contributed by atoms with Gasteiger partial charge in [-0.05, 0) is 54.8 Å². The standard InChI is InChI=1S/C29H32FN5O4/c1-19(2)14-15-31-29(37)28(23-13-12-22(38-3)17-26(23)39-4)35(21-9-7-8-20(30)16-21)27(36)18-34-25-11-6-5-10-24(25)32-33-34/h5-13,16-17,19,28H,14-15,18H2,1-4H3,(H,31,37). The first-order valence-corrected chi connectivity index (χ1v) is 12.7. The number of hydrogen-bond donors (Lipinski definition) is 1. The van der Waals surface area contributed by atoms with E-state index in [4.69, 9.17) is 9.47 Å². The number of para-hydroxylation sites is 1. The highest BCUT2D eigenvalue weighted by Gasteiger charge is 2.35. The summed E-state index contributed by atoms with van der Waals surface area (Å²) in [6, 6.07) is 16.7. The summed E-state index contributed by atoms with van der Waals surface area (Å²) in [6.07, 6.45) is 0.747. The molecule has 1 N–H and O–H groups in total. The minimum atomic E-state index is -1.18. The molecular formula is C29H32FN5O4. The summed E-state index contributed by atoms with van der Waals surface area (Å²) in [4.78, 5) is 29.2. The van der Waals surface area contributed by atoms with Crippen LogP contribution in [0.1, 0.15) is 31.9 Å². The molecule has 4 rings (SSSR count). The molecule has 1 heterocycles. The lowest BCUT2D eigenvalue weighted by Gasteiger charge is -2.32. The summed E-state index contributed by atoms with van der Waals surface area (Å²) in [5, 5.41) is 11.2. The molecule has 0 bridgehead atoms. The normalized spacial score (nSPS) is 11.8. The highest BCUT2D eigenvalue weighted by Crippen LogP contribution is 2.36. The Labute approximate surface area is 226 Å². The van der Waals surface area contributed by atoms with Crippen LogP contribution < -0.4 is 19.7 Å². The van der Waals surface area contributed by atoms with Crippen LogP contribution in [-0.4, -0.2) is 47.6 Å². The number of ether oxygens (including phenoxy) is 2. The van der Waals surface area contributed by atoms with Gasteiger partial charge in [0.15, 0.2) is 0 Å². The molecule has 10 heteroatoms. The lowest BCUT2D eigenvalue weighted by atomic mass is 10.0. The predicted molar refractivity (Wildman–Crippen MR) is 146 cm³/mol. The summed E-state index contributed by atoms with van der Waals surface area (Å²) >= 11 is 0. The molecule has 1 aromatic heterocycles. The smallest absolute Gasteiger partial charge is 0.249 e. The van der Waals surface area contributed by atoms with Gasteiger partial charge in [-0.25, -0.2) is 9.07 Å². The third-order valence-corrected chi connectivity index (χ3v) is 6.32. The van der Waals surface area contributed by atoms with Crippen LogP contribution >= 0.6 is 0 Å². The third kappa shape index (κ3) is 6.34. The molecule has 2 amide bonds. The lowest BCUT2D eigenvalue weighted by molar-refractivity contribution is -0.127. The highest BCUT2D eigenvalue weighted by molar-refractivity contribution is 6.02. The number of halogens is 1. The fraction of sp³-hybridized carbons (Fsp3) is 0.310. The summed E-state index contributed by atoms with van der Waals surface area (Å²) in [6.45, 7) is 4.29. The average Bonchev–Trinajstić information content (AvgIpc) is 3.33. The molecule has 39 heavy (non-hydrogen) atoms. The molecule has 0 radical (unpaired) electrons. The van der Waals surface area contributed by atoms with Crippen molar-refractivity contribution < 1.29 is 23.5 Å². The van der Waals surface area contributed by atoms with Crippen LogP contribution in [0.3, 0.4) is 0 Å². The molecule has 204 valence electrons. The number of hydrogen-bond acceptors (Lipinski definition) is 6. The molecule has 1 unspecified atom stereocenters. The second kappa shape index (κ2) is 12.4. The Morgan fingerprint density at radius 3 is 2.54 bits per heavy atom. The first-order chi connectivity index (χ1) is 18.8. The second-order valence-corrected chi connectivity index (χ2v) is 9.46. The van der Waals surface area contributed by atoms with Crippen molar-refractivity contribution >= 4 is 28.5 Å². The Balaban J connectivity index is 1.83. The van der Waals surface area contributed by atoms with E-state index in [2.05, 4.69) is 29.5 Å². The van der Waals surface area contributed by atoms with E-state index < -0.39 is 23.7 Å². The molecule has 0 aliphatic heterocycles. The second-order valence-electron chi connectivity index (χ2n) is 9.46. The van der Waals surface area contributed by atoms with Crippen molar-refractivity contribution in [1.82, 2.24) is 20.3 Å². The zero-order valence-corrected chi connectivity index (χ0v) is 22.4. The van der Waals surface area contributed by atoms with Crippen LogP contribution in [0, 0.1) is 11.7 Å². The molecule has 0 saturated heterocycles. The number of methoxy groups -OCH3 is 2. The SMILES string of the molecule is COc1ccc(C(C(=O)NCCC(C)C)N(C(=O)Cn2nnc3ccccc32)c2cccc(F)c2)c(OC)c1. The van der Waals surface area contributed by atoms with E-state index in [1.54, 1.807) is 36.4 Å². The zero-order chi connectivity index (χ0) is 27.9. The molecular weight excluding hydrogens is 501 g/mol. The maximum Gasteiger partial charge on any atom is 0.249 e. The Morgan fingerprint density at radius 1 is 1.03 bits per heavy atom. The number of rotatable bonds is 11. The van der Waals surface area contributed by atoms with Crippen LogP contribution in [0.25, 0.3) is 11.0 Å². The first-order valence-electron chi connectivity index (χ1n) is 12.7. The van der Waals surface area contributed by atoms with Crippen LogP contribution in [0.5, 0.6) is 11.5 Å². The van der Waals surface area contributed by atoms with E-state index in [-0.39, 0.29) is 12.2 Å². The summed E-state index contributed by atoms with van der Waals surface area (Å²) < 4.78 is 26.9. The fourth-order valence-corrected chi connectivity index (χ4v) is 4.32. The van der Waals surface area contributed by atoms with E-state index in [9.17, 15) is 14.0 Å². The number of carbonyl (C=O) groups excluding carboxylic acids is 2. The van der Waals surface area contributed by atoms with Gasteiger partial charge in [0.2, 0.25) is 11.8 Å². The van der Waals surface area contributed by atoms with Gasteiger partial charge in [-0.15, -0.1) is 5.10 Å². The Bertz CT molecular complexity index is 1450.